The molecule has 0 aliphatic heterocycles. The van der Waals surface area contributed by atoms with Crippen LogP contribution in [0.25, 0.3) is 5.65 Å². The number of fused-ring (bicyclic) bond motifs is 1. The molecule has 2 aromatic heterocycles. The Morgan fingerprint density at radius 1 is 1.08 bits per heavy atom. The van der Waals surface area contributed by atoms with Crippen molar-refractivity contribution in [2.75, 3.05) is 13.1 Å². The van der Waals surface area contributed by atoms with Crippen LogP contribution in [-0.4, -0.2) is 43.1 Å². The minimum atomic E-state index is -0.532. The Kier molecular flexibility index (Phi) is 9.12. The second kappa shape index (κ2) is 11.9. The summed E-state index contributed by atoms with van der Waals surface area (Å²) in [7, 11) is 0. The largest absolute Gasteiger partial charge is 0.352 e. The summed E-state index contributed by atoms with van der Waals surface area (Å²) < 4.78 is 2.82. The van der Waals surface area contributed by atoms with E-state index in [0.29, 0.717) is 28.6 Å². The molecule has 0 bridgehead atoms. The van der Waals surface area contributed by atoms with Crippen LogP contribution in [0.5, 0.6) is 0 Å². The molecule has 0 saturated heterocycles. The quantitative estimate of drug-likeness (QED) is 0.355. The summed E-state index contributed by atoms with van der Waals surface area (Å²) in [6.07, 6.45) is 0. The third kappa shape index (κ3) is 5.71. The molecule has 10 heteroatoms. The van der Waals surface area contributed by atoms with Gasteiger partial charge in [-0.2, -0.15) is 9.61 Å². The van der Waals surface area contributed by atoms with Crippen LogP contribution in [0.3, 0.4) is 0 Å². The van der Waals surface area contributed by atoms with Crippen molar-refractivity contribution in [2.45, 2.75) is 40.3 Å². The average molecular weight is 543 g/mol. The van der Waals surface area contributed by atoms with Crippen molar-refractivity contribution < 1.29 is 4.79 Å². The summed E-state index contributed by atoms with van der Waals surface area (Å²) in [5.41, 5.74) is 8.94. The van der Waals surface area contributed by atoms with E-state index in [0.717, 1.165) is 11.1 Å². The zero-order valence-corrected chi connectivity index (χ0v) is 23.0. The standard InChI is InChI=1S/C27H31ClN6O2.ClH/c1-17(2)23(32(15-14-29)26(35)21-12-10-18(3)11-13-21)25-30-24-22(28)19(4)31-34(24)27(36)33(25)16-20-8-6-5-7-9-20;/h5-13,17,23H,14-16,29H2,1-4H3;1H/t23-;/m1./s1. The SMILES string of the molecule is Cc1ccc(C(=O)N(CCN)[C@@H](c2nc3c(Cl)c(C)nn3c(=O)n2Cc2ccccc2)C(C)C)cc1.Cl. The molecule has 0 radical (unpaired) electrons. The number of nitrogens with zero attached hydrogens (tertiary/aromatic N) is 5. The molecule has 1 amide bonds. The van der Waals surface area contributed by atoms with E-state index >= 15 is 0 Å². The zero-order valence-electron chi connectivity index (χ0n) is 21.4. The maximum absolute atomic E-state index is 13.8. The fraction of sp³-hybridized carbons (Fsp3) is 0.333. The van der Waals surface area contributed by atoms with E-state index in [1.54, 1.807) is 16.4 Å². The molecule has 196 valence electrons. The van der Waals surface area contributed by atoms with E-state index < -0.39 is 6.04 Å². The lowest BCUT2D eigenvalue weighted by molar-refractivity contribution is 0.0611. The van der Waals surface area contributed by atoms with Gasteiger partial charge in [0.05, 0.1) is 18.3 Å². The Morgan fingerprint density at radius 2 is 1.73 bits per heavy atom. The van der Waals surface area contributed by atoms with Crippen molar-refractivity contribution in [3.05, 3.63) is 98.3 Å². The molecule has 0 fully saturated rings. The third-order valence-electron chi connectivity index (χ3n) is 6.22. The van der Waals surface area contributed by atoms with Crippen LogP contribution >= 0.6 is 24.0 Å². The smallest absolute Gasteiger partial charge is 0.329 e. The van der Waals surface area contributed by atoms with Gasteiger partial charge in [-0.15, -0.1) is 12.4 Å². The zero-order chi connectivity index (χ0) is 26.0. The second-order valence-electron chi connectivity index (χ2n) is 9.30. The monoisotopic (exact) mass is 542 g/mol. The third-order valence-corrected chi connectivity index (χ3v) is 6.66. The number of benzene rings is 2. The Hall–Kier alpha value is -3.20. The van der Waals surface area contributed by atoms with Gasteiger partial charge in [0, 0.05) is 18.7 Å². The fourth-order valence-electron chi connectivity index (χ4n) is 4.41. The summed E-state index contributed by atoms with van der Waals surface area (Å²) in [5, 5.41) is 4.64. The van der Waals surface area contributed by atoms with Crippen molar-refractivity contribution in [1.29, 1.82) is 0 Å². The van der Waals surface area contributed by atoms with Crippen molar-refractivity contribution in [3.8, 4) is 0 Å². The number of hydrogen-bond donors (Lipinski definition) is 1. The first-order valence-electron chi connectivity index (χ1n) is 12.0. The van der Waals surface area contributed by atoms with Crippen LogP contribution in [0.15, 0.2) is 59.4 Å². The number of nitrogens with two attached hydrogens (primary N) is 1. The molecule has 0 spiro atoms. The summed E-state index contributed by atoms with van der Waals surface area (Å²) in [6, 6.07) is 16.5. The Balaban J connectivity index is 0.00000380. The Bertz CT molecular complexity index is 1430. The van der Waals surface area contributed by atoms with Gasteiger partial charge in [0.15, 0.2) is 5.65 Å². The minimum Gasteiger partial charge on any atom is -0.329 e. The van der Waals surface area contributed by atoms with Gasteiger partial charge < -0.3 is 10.6 Å². The van der Waals surface area contributed by atoms with Gasteiger partial charge in [-0.3, -0.25) is 9.36 Å². The summed E-state index contributed by atoms with van der Waals surface area (Å²) in [5.74, 6) is 0.197. The Labute approximate surface area is 227 Å². The van der Waals surface area contributed by atoms with E-state index in [2.05, 4.69) is 5.10 Å². The predicted molar refractivity (Wildman–Crippen MR) is 149 cm³/mol. The van der Waals surface area contributed by atoms with Gasteiger partial charge in [-0.1, -0.05) is 73.5 Å². The van der Waals surface area contributed by atoms with E-state index in [9.17, 15) is 9.59 Å². The number of rotatable bonds is 8. The molecule has 37 heavy (non-hydrogen) atoms. The average Bonchev–Trinajstić information content (AvgIpc) is 3.15. The lowest BCUT2D eigenvalue weighted by Gasteiger charge is -2.35. The molecule has 0 unspecified atom stereocenters. The molecule has 8 nitrogen and oxygen atoms in total. The highest BCUT2D eigenvalue weighted by Crippen LogP contribution is 2.30. The summed E-state index contributed by atoms with van der Waals surface area (Å²) in [6.45, 7) is 8.55. The number of amides is 1. The van der Waals surface area contributed by atoms with Gasteiger partial charge in [0.1, 0.15) is 10.8 Å². The number of hydrogen-bond acceptors (Lipinski definition) is 5. The van der Waals surface area contributed by atoms with Gasteiger partial charge in [-0.05, 0) is 37.5 Å². The molecular formula is C27H32Cl2N6O2. The van der Waals surface area contributed by atoms with Crippen LogP contribution in [0.4, 0.5) is 0 Å². The molecule has 4 aromatic rings. The van der Waals surface area contributed by atoms with Crippen LogP contribution in [0, 0.1) is 19.8 Å². The second-order valence-corrected chi connectivity index (χ2v) is 9.68. The molecule has 0 aliphatic rings. The first-order chi connectivity index (χ1) is 17.2. The minimum absolute atomic E-state index is 0. The van der Waals surface area contributed by atoms with Gasteiger partial charge in [0.25, 0.3) is 5.91 Å². The topological polar surface area (TPSA) is 98.5 Å². The number of carbonyl (C=O) groups excluding carboxylic acids is 1. The highest BCUT2D eigenvalue weighted by atomic mass is 35.5. The van der Waals surface area contributed by atoms with E-state index in [-0.39, 0.29) is 48.7 Å². The molecule has 0 aliphatic carbocycles. The van der Waals surface area contributed by atoms with Crippen molar-refractivity contribution in [1.82, 2.24) is 24.1 Å². The van der Waals surface area contributed by atoms with Crippen LogP contribution in [-0.2, 0) is 6.54 Å². The molecular weight excluding hydrogens is 511 g/mol. The number of aromatic nitrogens is 4. The van der Waals surface area contributed by atoms with Crippen molar-refractivity contribution in [3.63, 3.8) is 0 Å². The highest BCUT2D eigenvalue weighted by molar-refractivity contribution is 6.34. The Morgan fingerprint density at radius 3 is 2.32 bits per heavy atom. The van der Waals surface area contributed by atoms with Crippen LogP contribution < -0.4 is 11.4 Å². The molecule has 0 saturated carbocycles. The van der Waals surface area contributed by atoms with E-state index in [4.69, 9.17) is 22.3 Å². The number of halogens is 2. The van der Waals surface area contributed by atoms with Gasteiger partial charge in [0.2, 0.25) is 0 Å². The van der Waals surface area contributed by atoms with Crippen molar-refractivity contribution >= 4 is 35.6 Å². The number of aryl methyl sites for hydroxylation is 2. The fourth-order valence-corrected chi connectivity index (χ4v) is 4.57. The normalized spacial score (nSPS) is 12.0. The van der Waals surface area contributed by atoms with Crippen LogP contribution in [0.2, 0.25) is 5.02 Å². The maximum Gasteiger partial charge on any atom is 0.352 e. The first kappa shape index (κ1) is 28.4. The number of carbonyl (C=O) groups is 1. The molecule has 1 atom stereocenters. The van der Waals surface area contributed by atoms with E-state index in [1.807, 2.05) is 75.4 Å². The first-order valence-corrected chi connectivity index (χ1v) is 12.4. The predicted octanol–water partition coefficient (Wildman–Crippen LogP) is 4.43. The summed E-state index contributed by atoms with van der Waals surface area (Å²) in [4.78, 5) is 34.1. The lowest BCUT2D eigenvalue weighted by Crippen LogP contribution is -2.44. The lowest BCUT2D eigenvalue weighted by atomic mass is 9.99. The van der Waals surface area contributed by atoms with E-state index in [1.165, 1.54) is 4.52 Å². The maximum atomic E-state index is 13.8. The van der Waals surface area contributed by atoms with Crippen LogP contribution in [0.1, 0.15) is 52.9 Å². The van der Waals surface area contributed by atoms with Gasteiger partial charge >= 0.3 is 5.69 Å². The molecule has 2 heterocycles. The highest BCUT2D eigenvalue weighted by Gasteiger charge is 2.33. The van der Waals surface area contributed by atoms with Gasteiger partial charge in [-0.25, -0.2) is 9.78 Å². The molecule has 2 aromatic carbocycles. The molecule has 2 N–H and O–H groups in total. The van der Waals surface area contributed by atoms with Crippen molar-refractivity contribution in [2.24, 2.45) is 11.7 Å². The molecule has 4 rings (SSSR count). The summed E-state index contributed by atoms with van der Waals surface area (Å²) >= 11 is 6.50.